The summed E-state index contributed by atoms with van der Waals surface area (Å²) in [5.74, 6) is -0.197. The number of hydrogen-bond donors (Lipinski definition) is 0. The van der Waals surface area contributed by atoms with E-state index in [4.69, 9.17) is 4.98 Å². The van der Waals surface area contributed by atoms with E-state index in [0.29, 0.717) is 17.2 Å². The van der Waals surface area contributed by atoms with Crippen molar-refractivity contribution in [1.29, 1.82) is 0 Å². The van der Waals surface area contributed by atoms with Crippen molar-refractivity contribution in [3.05, 3.63) is 69.3 Å². The maximum Gasteiger partial charge on any atom is 0.270 e. The Morgan fingerprint density at radius 1 is 1.15 bits per heavy atom. The number of benzene rings is 2. The first kappa shape index (κ1) is 26.4. The second-order valence-electron chi connectivity index (χ2n) is 7.63. The number of hydrogen-bond acceptors (Lipinski definition) is 6. The van der Waals surface area contributed by atoms with Crippen molar-refractivity contribution in [2.75, 3.05) is 31.1 Å². The number of fused-ring (bicyclic) bond motifs is 1. The molecule has 0 radical (unpaired) electrons. The maximum absolute atomic E-state index is 13.2. The monoisotopic (exact) mass is 488 g/mol. The quantitative estimate of drug-likeness (QED) is 0.221. The van der Waals surface area contributed by atoms with Gasteiger partial charge in [-0.1, -0.05) is 43.4 Å². The van der Waals surface area contributed by atoms with Crippen molar-refractivity contribution in [3.8, 4) is 0 Å². The fourth-order valence-electron chi connectivity index (χ4n) is 3.56. The number of carbonyl (C=O) groups is 1. The van der Waals surface area contributed by atoms with Gasteiger partial charge in [0.1, 0.15) is 0 Å². The molecule has 0 aliphatic rings. The summed E-state index contributed by atoms with van der Waals surface area (Å²) in [5, 5.41) is 11.7. The van der Waals surface area contributed by atoms with E-state index in [0.717, 1.165) is 41.0 Å². The number of likely N-dealkylation sites (N-methyl/N-ethyl adjacent to an activating group) is 1. The number of amides is 1. The molecule has 33 heavy (non-hydrogen) atoms. The van der Waals surface area contributed by atoms with Gasteiger partial charge in [0.15, 0.2) is 5.13 Å². The molecular formula is C24H29ClN4O3S. The lowest BCUT2D eigenvalue weighted by Crippen LogP contribution is -2.38. The molecule has 9 heteroatoms. The molecule has 2 aromatic carbocycles. The number of rotatable bonds is 9. The number of nitro groups is 1. The molecule has 0 bridgehead atoms. The van der Waals surface area contributed by atoms with Crippen LogP contribution in [0.2, 0.25) is 0 Å². The molecule has 1 amide bonds. The van der Waals surface area contributed by atoms with Crippen molar-refractivity contribution in [2.45, 2.75) is 27.7 Å². The lowest BCUT2D eigenvalue weighted by atomic mass is 10.1. The van der Waals surface area contributed by atoms with E-state index in [1.807, 2.05) is 6.92 Å². The fraction of sp³-hybridized carbons (Fsp3) is 0.333. The molecule has 0 aliphatic heterocycles. The summed E-state index contributed by atoms with van der Waals surface area (Å²) < 4.78 is 1.06. The first-order valence-corrected chi connectivity index (χ1v) is 11.5. The molecule has 0 spiro atoms. The first-order chi connectivity index (χ1) is 15.3. The zero-order chi connectivity index (χ0) is 23.3. The Hall–Kier alpha value is -2.81. The minimum atomic E-state index is -0.443. The van der Waals surface area contributed by atoms with Gasteiger partial charge in [0.05, 0.1) is 15.1 Å². The molecule has 0 fully saturated rings. The van der Waals surface area contributed by atoms with E-state index < -0.39 is 4.92 Å². The number of thiazole rings is 1. The predicted octanol–water partition coefficient (Wildman–Crippen LogP) is 5.63. The smallest absolute Gasteiger partial charge is 0.270 e. The van der Waals surface area contributed by atoms with Gasteiger partial charge in [-0.2, -0.15) is 0 Å². The number of nitro benzene ring substituents is 1. The van der Waals surface area contributed by atoms with Gasteiger partial charge in [-0.05, 0) is 55.8 Å². The number of aryl methyl sites for hydroxylation is 2. The second kappa shape index (κ2) is 11.9. The van der Waals surface area contributed by atoms with Gasteiger partial charge in [-0.25, -0.2) is 4.98 Å². The van der Waals surface area contributed by atoms with E-state index in [9.17, 15) is 14.9 Å². The number of aromatic nitrogens is 1. The second-order valence-corrected chi connectivity index (χ2v) is 8.64. The van der Waals surface area contributed by atoms with Crippen molar-refractivity contribution in [2.24, 2.45) is 0 Å². The zero-order valence-electron chi connectivity index (χ0n) is 19.3. The largest absolute Gasteiger partial charge is 0.302 e. The van der Waals surface area contributed by atoms with E-state index in [1.165, 1.54) is 29.5 Å². The topological polar surface area (TPSA) is 79.6 Å². The summed E-state index contributed by atoms with van der Waals surface area (Å²) in [6.07, 6.45) is 3.08. The van der Waals surface area contributed by atoms with Gasteiger partial charge >= 0.3 is 0 Å². The van der Waals surface area contributed by atoms with Crippen LogP contribution in [0, 0.1) is 24.0 Å². The first-order valence-electron chi connectivity index (χ1n) is 10.7. The van der Waals surface area contributed by atoms with Crippen LogP contribution >= 0.6 is 23.7 Å². The third-order valence-corrected chi connectivity index (χ3v) is 6.37. The van der Waals surface area contributed by atoms with Gasteiger partial charge in [0.2, 0.25) is 0 Å². The Morgan fingerprint density at radius 3 is 2.55 bits per heavy atom. The van der Waals surface area contributed by atoms with Crippen LogP contribution in [0.1, 0.15) is 30.5 Å². The molecule has 0 atom stereocenters. The average molecular weight is 489 g/mol. The third-order valence-electron chi connectivity index (χ3n) is 5.35. The minimum absolute atomic E-state index is 0. The average Bonchev–Trinajstić information content (AvgIpc) is 3.19. The molecule has 0 N–H and O–H groups in total. The molecule has 1 heterocycles. The van der Waals surface area contributed by atoms with Crippen molar-refractivity contribution in [3.63, 3.8) is 0 Å². The molecule has 0 aliphatic carbocycles. The van der Waals surface area contributed by atoms with Crippen LogP contribution in [0.15, 0.2) is 42.5 Å². The summed E-state index contributed by atoms with van der Waals surface area (Å²) in [4.78, 5) is 32.5. The van der Waals surface area contributed by atoms with E-state index in [2.05, 4.69) is 37.8 Å². The van der Waals surface area contributed by atoms with Gasteiger partial charge in [0.25, 0.3) is 11.6 Å². The van der Waals surface area contributed by atoms with Crippen LogP contribution in [0.4, 0.5) is 10.8 Å². The Labute approximate surface area is 204 Å². The number of halogens is 1. The lowest BCUT2D eigenvalue weighted by Gasteiger charge is -2.23. The maximum atomic E-state index is 13.2. The Morgan fingerprint density at radius 2 is 1.88 bits per heavy atom. The highest BCUT2D eigenvalue weighted by atomic mass is 35.5. The number of anilines is 1. The van der Waals surface area contributed by atoms with Crippen LogP contribution in [0.5, 0.6) is 0 Å². The highest BCUT2D eigenvalue weighted by Crippen LogP contribution is 2.32. The number of non-ortho nitro benzene ring substituents is 1. The summed E-state index contributed by atoms with van der Waals surface area (Å²) in [7, 11) is 0. The lowest BCUT2D eigenvalue weighted by molar-refractivity contribution is -0.384. The molecule has 0 unspecified atom stereocenters. The Balaban J connectivity index is 0.00000385. The minimum Gasteiger partial charge on any atom is -0.302 e. The van der Waals surface area contributed by atoms with Crippen LogP contribution in [0.3, 0.4) is 0 Å². The fourth-order valence-corrected chi connectivity index (χ4v) is 4.73. The molecule has 7 nitrogen and oxygen atoms in total. The molecule has 3 rings (SSSR count). The number of carbonyl (C=O) groups excluding carboxylic acids is 1. The Kier molecular flexibility index (Phi) is 9.52. The van der Waals surface area contributed by atoms with E-state index >= 15 is 0 Å². The van der Waals surface area contributed by atoms with Gasteiger partial charge in [-0.3, -0.25) is 19.8 Å². The standard InChI is InChI=1S/C24H28N4O3S.ClH/c1-5-26(6-2)12-13-27(24-25-23-18(4)14-17(3)15-21(23)32-24)22(29)11-10-19-8-7-9-20(16-19)28(30)31;/h7-11,14-16H,5-6,12-13H2,1-4H3;1H. The highest BCUT2D eigenvalue weighted by molar-refractivity contribution is 7.22. The highest BCUT2D eigenvalue weighted by Gasteiger charge is 2.19. The van der Waals surface area contributed by atoms with E-state index in [1.54, 1.807) is 23.1 Å². The molecule has 1 aromatic heterocycles. The van der Waals surface area contributed by atoms with Crippen molar-refractivity contribution >= 4 is 56.8 Å². The summed E-state index contributed by atoms with van der Waals surface area (Å²) in [6, 6.07) is 10.4. The summed E-state index contributed by atoms with van der Waals surface area (Å²) in [5.41, 5.74) is 3.77. The molecule has 0 saturated heterocycles. The van der Waals surface area contributed by atoms with E-state index in [-0.39, 0.29) is 24.0 Å². The van der Waals surface area contributed by atoms with Crippen LogP contribution in [0.25, 0.3) is 16.3 Å². The third kappa shape index (κ3) is 6.60. The molecule has 3 aromatic rings. The number of nitrogens with zero attached hydrogens (tertiary/aromatic N) is 4. The SMILES string of the molecule is CCN(CC)CCN(C(=O)C=Cc1cccc([N+](=O)[O-])c1)c1nc2c(C)cc(C)cc2s1.Cl. The molecule has 176 valence electrons. The van der Waals surface area contributed by atoms with Crippen LogP contribution < -0.4 is 4.90 Å². The van der Waals surface area contributed by atoms with Crippen LogP contribution in [-0.4, -0.2) is 46.9 Å². The van der Waals surface area contributed by atoms with Crippen LogP contribution in [-0.2, 0) is 4.79 Å². The zero-order valence-corrected chi connectivity index (χ0v) is 20.9. The normalized spacial score (nSPS) is 11.2. The Bertz CT molecular complexity index is 1160. The predicted molar refractivity (Wildman–Crippen MR) is 139 cm³/mol. The van der Waals surface area contributed by atoms with Gasteiger partial charge in [0, 0.05) is 31.3 Å². The summed E-state index contributed by atoms with van der Waals surface area (Å²) >= 11 is 1.51. The van der Waals surface area contributed by atoms with Crippen molar-refractivity contribution < 1.29 is 9.72 Å². The van der Waals surface area contributed by atoms with Gasteiger partial charge < -0.3 is 4.90 Å². The summed E-state index contributed by atoms with van der Waals surface area (Å²) in [6.45, 7) is 11.3. The van der Waals surface area contributed by atoms with Gasteiger partial charge in [-0.15, -0.1) is 12.4 Å². The molecule has 0 saturated carbocycles. The van der Waals surface area contributed by atoms with Crippen molar-refractivity contribution in [1.82, 2.24) is 9.88 Å². The molecular weight excluding hydrogens is 460 g/mol.